The number of aliphatic hydroxyl groups is 2. The Morgan fingerprint density at radius 1 is 1.12 bits per heavy atom. The number of nitrogens with two attached hydrogens (primary N) is 1. The fraction of sp³-hybridized carbons (Fsp3) is 0.318. The number of hydrogen-bond acceptors (Lipinski definition) is 9. The maximum Gasteiger partial charge on any atom is 0.164 e. The summed E-state index contributed by atoms with van der Waals surface area (Å²) in [5.41, 5.74) is 9.27. The van der Waals surface area contributed by atoms with Crippen LogP contribution >= 0.6 is 11.8 Å². The van der Waals surface area contributed by atoms with Gasteiger partial charge in [-0.2, -0.15) is 11.8 Å². The standard InChI is InChI=1S/C22H23N5O4S/c1-12-15(17(26-31-12)13-5-3-2-4-6-13)9-32-10-16-18(28)19(29)22(30-16)27-8-7-14-20(23)24-11-25-21(14)27/h2-8,11,16,18-19,22,28-29H,9-10H2,1H3,(H2,23,24,25)/t16-,18-,19-,22-/m1/s1. The van der Waals surface area contributed by atoms with Crippen LogP contribution in [-0.4, -0.2) is 54.0 Å². The van der Waals surface area contributed by atoms with Crippen molar-refractivity contribution < 1.29 is 19.5 Å². The predicted molar refractivity (Wildman–Crippen MR) is 121 cm³/mol. The first kappa shape index (κ1) is 21.0. The molecule has 0 radical (unpaired) electrons. The molecule has 1 aliphatic heterocycles. The summed E-state index contributed by atoms with van der Waals surface area (Å²) in [4.78, 5) is 8.23. The maximum atomic E-state index is 10.6. The number of nitrogen functional groups attached to an aromatic ring is 1. The molecule has 4 atom stereocenters. The van der Waals surface area contributed by atoms with E-state index in [0.717, 1.165) is 22.6 Å². The number of aromatic nitrogens is 4. The molecule has 1 saturated heterocycles. The van der Waals surface area contributed by atoms with E-state index in [9.17, 15) is 10.2 Å². The van der Waals surface area contributed by atoms with Crippen LogP contribution in [0.25, 0.3) is 22.3 Å². The average Bonchev–Trinajstić information content (AvgIpc) is 3.47. The van der Waals surface area contributed by atoms with Crippen molar-refractivity contribution in [1.29, 1.82) is 0 Å². The SMILES string of the molecule is Cc1onc(-c2ccccc2)c1CSC[C@H]1O[C@@H](n2ccc3c(N)ncnc32)[C@H](O)[C@@H]1O. The lowest BCUT2D eigenvalue weighted by molar-refractivity contribution is -0.0285. The van der Waals surface area contributed by atoms with Crippen LogP contribution in [0.15, 0.2) is 53.4 Å². The van der Waals surface area contributed by atoms with Gasteiger partial charge in [0.15, 0.2) is 6.23 Å². The molecule has 4 heterocycles. The number of thioether (sulfide) groups is 1. The average molecular weight is 454 g/mol. The summed E-state index contributed by atoms with van der Waals surface area (Å²) < 4.78 is 13.1. The van der Waals surface area contributed by atoms with Crippen molar-refractivity contribution in [2.45, 2.75) is 37.2 Å². The molecule has 0 amide bonds. The molecule has 5 rings (SSSR count). The molecule has 10 heteroatoms. The van der Waals surface area contributed by atoms with Crippen molar-refractivity contribution in [2.75, 3.05) is 11.5 Å². The Morgan fingerprint density at radius 2 is 1.94 bits per heavy atom. The van der Waals surface area contributed by atoms with Gasteiger partial charge in [0, 0.05) is 28.8 Å². The van der Waals surface area contributed by atoms with Crippen LogP contribution in [0.5, 0.6) is 0 Å². The van der Waals surface area contributed by atoms with Crippen molar-refractivity contribution in [3.8, 4) is 11.3 Å². The summed E-state index contributed by atoms with van der Waals surface area (Å²) in [7, 11) is 0. The molecule has 0 spiro atoms. The van der Waals surface area contributed by atoms with Gasteiger partial charge >= 0.3 is 0 Å². The number of anilines is 1. The highest BCUT2D eigenvalue weighted by Gasteiger charge is 2.44. The van der Waals surface area contributed by atoms with Gasteiger partial charge in [0.1, 0.15) is 41.5 Å². The smallest absolute Gasteiger partial charge is 0.164 e. The van der Waals surface area contributed by atoms with Crippen LogP contribution in [0.3, 0.4) is 0 Å². The summed E-state index contributed by atoms with van der Waals surface area (Å²) in [6.45, 7) is 1.89. The number of benzene rings is 1. The second-order valence-corrected chi connectivity index (χ2v) is 8.74. The van der Waals surface area contributed by atoms with Crippen LogP contribution in [-0.2, 0) is 10.5 Å². The lowest BCUT2D eigenvalue weighted by atomic mass is 10.1. The molecular formula is C22H23N5O4S. The minimum absolute atomic E-state index is 0.354. The number of aryl methyl sites for hydroxylation is 1. The highest BCUT2D eigenvalue weighted by Crippen LogP contribution is 2.35. The molecule has 1 aliphatic rings. The zero-order chi connectivity index (χ0) is 22.2. The lowest BCUT2D eigenvalue weighted by Gasteiger charge is -2.17. The number of rotatable bonds is 6. The fourth-order valence-corrected chi connectivity index (χ4v) is 5.12. The molecular weight excluding hydrogens is 430 g/mol. The minimum atomic E-state index is -1.09. The molecule has 9 nitrogen and oxygen atoms in total. The third-order valence-corrected chi connectivity index (χ3v) is 6.77. The maximum absolute atomic E-state index is 10.6. The van der Waals surface area contributed by atoms with Gasteiger partial charge in [-0.1, -0.05) is 35.5 Å². The minimum Gasteiger partial charge on any atom is -0.387 e. The van der Waals surface area contributed by atoms with Gasteiger partial charge in [-0.3, -0.25) is 0 Å². The number of fused-ring (bicyclic) bond motifs is 1. The molecule has 166 valence electrons. The zero-order valence-electron chi connectivity index (χ0n) is 17.3. The molecule has 0 saturated carbocycles. The summed E-state index contributed by atoms with van der Waals surface area (Å²) in [5, 5.41) is 26.1. The molecule has 0 unspecified atom stereocenters. The van der Waals surface area contributed by atoms with E-state index in [1.807, 2.05) is 37.3 Å². The summed E-state index contributed by atoms with van der Waals surface area (Å²) in [6, 6.07) is 11.6. The molecule has 4 N–H and O–H groups in total. The first-order valence-electron chi connectivity index (χ1n) is 10.2. The normalized spacial score (nSPS) is 23.2. The molecule has 3 aromatic heterocycles. The van der Waals surface area contributed by atoms with Crippen molar-refractivity contribution in [1.82, 2.24) is 19.7 Å². The van der Waals surface area contributed by atoms with E-state index in [4.69, 9.17) is 15.0 Å². The van der Waals surface area contributed by atoms with E-state index in [1.165, 1.54) is 6.33 Å². The molecule has 0 aliphatic carbocycles. The van der Waals surface area contributed by atoms with E-state index in [-0.39, 0.29) is 0 Å². The van der Waals surface area contributed by atoms with Gasteiger partial charge in [-0.15, -0.1) is 0 Å². The van der Waals surface area contributed by atoms with E-state index < -0.39 is 24.5 Å². The Kier molecular flexibility index (Phi) is 5.60. The Labute approximate surface area is 188 Å². The Morgan fingerprint density at radius 3 is 2.75 bits per heavy atom. The largest absolute Gasteiger partial charge is 0.387 e. The number of aliphatic hydroxyl groups excluding tert-OH is 2. The van der Waals surface area contributed by atoms with Gasteiger partial charge in [0.25, 0.3) is 0 Å². The zero-order valence-corrected chi connectivity index (χ0v) is 18.1. The summed E-state index contributed by atoms with van der Waals surface area (Å²) >= 11 is 1.59. The van der Waals surface area contributed by atoms with Gasteiger partial charge in [-0.25, -0.2) is 9.97 Å². The molecule has 1 fully saturated rings. The molecule has 32 heavy (non-hydrogen) atoms. The highest BCUT2D eigenvalue weighted by atomic mass is 32.2. The van der Waals surface area contributed by atoms with Crippen molar-refractivity contribution in [3.63, 3.8) is 0 Å². The Hall–Kier alpha value is -2.92. The van der Waals surface area contributed by atoms with Gasteiger partial charge in [-0.05, 0) is 13.0 Å². The number of ether oxygens (including phenoxy) is 1. The van der Waals surface area contributed by atoms with Crippen molar-refractivity contribution in [2.24, 2.45) is 0 Å². The third-order valence-electron chi connectivity index (χ3n) is 5.71. The van der Waals surface area contributed by atoms with Gasteiger partial charge < -0.3 is 29.8 Å². The molecule has 4 aromatic rings. The quantitative estimate of drug-likeness (QED) is 0.403. The van der Waals surface area contributed by atoms with Gasteiger partial charge in [0.2, 0.25) is 0 Å². The Balaban J connectivity index is 1.28. The predicted octanol–water partition coefficient (Wildman–Crippen LogP) is 2.53. The fourth-order valence-electron chi connectivity index (χ4n) is 3.95. The summed E-state index contributed by atoms with van der Waals surface area (Å²) in [5.74, 6) is 2.25. The van der Waals surface area contributed by atoms with Crippen LogP contribution in [0, 0.1) is 6.92 Å². The van der Waals surface area contributed by atoms with Crippen LogP contribution in [0.2, 0.25) is 0 Å². The van der Waals surface area contributed by atoms with Gasteiger partial charge in [0.05, 0.1) is 11.5 Å². The third kappa shape index (κ3) is 3.65. The molecule has 1 aromatic carbocycles. The van der Waals surface area contributed by atoms with Crippen molar-refractivity contribution in [3.05, 3.63) is 60.2 Å². The topological polar surface area (TPSA) is 132 Å². The second-order valence-electron chi connectivity index (χ2n) is 7.71. The van der Waals surface area contributed by atoms with E-state index >= 15 is 0 Å². The van der Waals surface area contributed by atoms with Crippen LogP contribution in [0.1, 0.15) is 17.6 Å². The first-order valence-corrected chi connectivity index (χ1v) is 11.4. The van der Waals surface area contributed by atoms with Crippen molar-refractivity contribution >= 4 is 28.6 Å². The van der Waals surface area contributed by atoms with Crippen LogP contribution < -0.4 is 5.73 Å². The van der Waals surface area contributed by atoms with E-state index in [2.05, 4.69) is 15.1 Å². The lowest BCUT2D eigenvalue weighted by Crippen LogP contribution is -2.32. The van der Waals surface area contributed by atoms with Crippen LogP contribution in [0.4, 0.5) is 5.82 Å². The highest BCUT2D eigenvalue weighted by molar-refractivity contribution is 7.98. The second kappa shape index (κ2) is 8.55. The van der Waals surface area contributed by atoms with E-state index in [1.54, 1.807) is 28.6 Å². The monoisotopic (exact) mass is 453 g/mol. The summed E-state index contributed by atoms with van der Waals surface area (Å²) in [6.07, 6.45) is -0.328. The number of hydrogen-bond donors (Lipinski definition) is 3. The van der Waals surface area contributed by atoms with E-state index in [0.29, 0.717) is 28.4 Å². The Bertz CT molecular complexity index is 1230. The number of nitrogens with zero attached hydrogens (tertiary/aromatic N) is 4. The first-order chi connectivity index (χ1) is 15.5. The molecule has 0 bridgehead atoms.